The van der Waals surface area contributed by atoms with E-state index in [4.69, 9.17) is 37.0 Å². The quantitative estimate of drug-likeness (QED) is 0.0222. The molecule has 19 heteroatoms. The highest BCUT2D eigenvalue weighted by Gasteiger charge is 2.30. The van der Waals surface area contributed by atoms with E-state index in [2.05, 4.69) is 34.6 Å². The Morgan fingerprint density at radius 1 is 0.321 bits per heavy atom. The van der Waals surface area contributed by atoms with Crippen LogP contribution in [-0.2, 0) is 65.4 Å². The van der Waals surface area contributed by atoms with Crippen LogP contribution in [0.15, 0.2) is 0 Å². The largest absolute Gasteiger partial charge is 0.472 e. The van der Waals surface area contributed by atoms with Crippen LogP contribution in [0, 0.1) is 5.92 Å². The number of phosphoric ester groups is 2. The van der Waals surface area contributed by atoms with Crippen LogP contribution < -0.4 is 0 Å². The lowest BCUT2D eigenvalue weighted by atomic mass is 10.0. The van der Waals surface area contributed by atoms with Crippen LogP contribution >= 0.6 is 15.6 Å². The Hall–Kier alpha value is -1.94. The molecule has 0 saturated heterocycles. The number of aliphatic hydroxyl groups is 1. The number of hydrogen-bond donors (Lipinski definition) is 3. The molecular weight excluding hydrogens is 1110 g/mol. The lowest BCUT2D eigenvalue weighted by Gasteiger charge is -2.21. The molecule has 84 heavy (non-hydrogen) atoms. The SMILES string of the molecule is CCCCCCCCCCCCCCC(=O)OC[C@H](COP(=O)(O)OC[C@@H](O)COP(=O)(O)OC[C@@H](COC(=O)CCCCCCCCC)OC(=O)CCCCCCCCC)OC(=O)CCCCCCCCCCCCCCCCCC(C)C. The average molecular weight is 1240 g/mol. The second-order valence-electron chi connectivity index (χ2n) is 24.0. The zero-order valence-electron chi connectivity index (χ0n) is 54.0. The second kappa shape index (κ2) is 58.7. The molecule has 0 aromatic heterocycles. The molecule has 3 N–H and O–H groups in total. The van der Waals surface area contributed by atoms with Crippen molar-refractivity contribution in [3.63, 3.8) is 0 Å². The normalized spacial score (nSPS) is 14.2. The van der Waals surface area contributed by atoms with E-state index in [9.17, 15) is 43.2 Å². The Balaban J connectivity index is 5.15. The molecule has 0 aromatic carbocycles. The number of hydrogen-bond acceptors (Lipinski definition) is 15. The Bertz CT molecular complexity index is 1640. The number of aliphatic hydroxyl groups excluding tert-OH is 1. The summed E-state index contributed by atoms with van der Waals surface area (Å²) in [7, 11) is -9.88. The molecule has 17 nitrogen and oxygen atoms in total. The van der Waals surface area contributed by atoms with Crippen molar-refractivity contribution in [1.29, 1.82) is 0 Å². The number of carbonyl (C=O) groups is 4. The molecule has 5 atom stereocenters. The molecule has 0 aromatic rings. The predicted octanol–water partition coefficient (Wildman–Crippen LogP) is 18.2. The third kappa shape index (κ3) is 59.0. The zero-order chi connectivity index (χ0) is 62.0. The molecule has 2 unspecified atom stereocenters. The molecule has 0 amide bonds. The summed E-state index contributed by atoms with van der Waals surface area (Å²) in [6.45, 7) is 7.15. The van der Waals surface area contributed by atoms with Crippen molar-refractivity contribution < 1.29 is 80.2 Å². The van der Waals surface area contributed by atoms with Crippen LogP contribution in [0.1, 0.15) is 330 Å². The molecule has 0 aliphatic carbocycles. The van der Waals surface area contributed by atoms with Gasteiger partial charge in [0.05, 0.1) is 26.4 Å². The molecule has 0 radical (unpaired) electrons. The standard InChI is InChI=1S/C65H126O17P2/c1-6-9-12-15-18-19-20-27-30-35-39-44-49-63(68)76-55-61(82-65(70)51-46-41-36-31-28-25-23-21-22-24-26-29-34-37-42-47-58(4)5)57-80-84(73,74)78-53-59(66)52-77-83(71,72)79-56-60(81-64(69)50-45-40-33-17-14-11-8-3)54-75-62(67)48-43-38-32-16-13-10-7-2/h58-61,66H,6-57H2,1-5H3,(H,71,72)(H,73,74)/t59-,60+,61+/m0/s1. The molecule has 498 valence electrons. The van der Waals surface area contributed by atoms with Gasteiger partial charge >= 0.3 is 39.5 Å². The third-order valence-electron chi connectivity index (χ3n) is 15.0. The van der Waals surface area contributed by atoms with Crippen LogP contribution in [0.5, 0.6) is 0 Å². The average Bonchev–Trinajstić information content (AvgIpc) is 3.64. The highest BCUT2D eigenvalue weighted by molar-refractivity contribution is 7.47. The molecule has 0 aliphatic heterocycles. The number of esters is 4. The van der Waals surface area contributed by atoms with Crippen LogP contribution in [0.2, 0.25) is 0 Å². The van der Waals surface area contributed by atoms with Gasteiger partial charge in [-0.25, -0.2) is 9.13 Å². The van der Waals surface area contributed by atoms with Gasteiger partial charge in [0.25, 0.3) is 0 Å². The topological polar surface area (TPSA) is 237 Å². The fourth-order valence-electron chi connectivity index (χ4n) is 9.76. The summed E-state index contributed by atoms with van der Waals surface area (Å²) in [4.78, 5) is 72.0. The number of unbranched alkanes of at least 4 members (excludes halogenated alkanes) is 37. The second-order valence-corrected chi connectivity index (χ2v) is 26.9. The number of rotatable bonds is 65. The van der Waals surface area contributed by atoms with Crippen LogP contribution in [-0.4, -0.2) is 96.7 Å². The first-order chi connectivity index (χ1) is 40.5. The summed E-state index contributed by atoms with van der Waals surface area (Å²) in [5, 5.41) is 10.5. The van der Waals surface area contributed by atoms with Crippen molar-refractivity contribution in [2.24, 2.45) is 5.92 Å². The van der Waals surface area contributed by atoms with Gasteiger partial charge in [0.15, 0.2) is 12.2 Å². The minimum Gasteiger partial charge on any atom is -0.462 e. The van der Waals surface area contributed by atoms with Crippen molar-refractivity contribution >= 4 is 39.5 Å². The minimum absolute atomic E-state index is 0.104. The number of phosphoric acid groups is 2. The van der Waals surface area contributed by atoms with Gasteiger partial charge in [-0.2, -0.15) is 0 Å². The van der Waals surface area contributed by atoms with Crippen molar-refractivity contribution in [3.05, 3.63) is 0 Å². The van der Waals surface area contributed by atoms with Crippen LogP contribution in [0.3, 0.4) is 0 Å². The lowest BCUT2D eigenvalue weighted by molar-refractivity contribution is -0.161. The molecular formula is C65H126O17P2. The van der Waals surface area contributed by atoms with Crippen molar-refractivity contribution in [3.8, 4) is 0 Å². The van der Waals surface area contributed by atoms with E-state index >= 15 is 0 Å². The van der Waals surface area contributed by atoms with Gasteiger partial charge in [-0.05, 0) is 31.6 Å². The van der Waals surface area contributed by atoms with E-state index < -0.39 is 97.5 Å². The van der Waals surface area contributed by atoms with Gasteiger partial charge < -0.3 is 33.8 Å². The first kappa shape index (κ1) is 82.1. The summed E-state index contributed by atoms with van der Waals surface area (Å²) in [6.07, 6.45) is 43.3. The highest BCUT2D eigenvalue weighted by Crippen LogP contribution is 2.45. The zero-order valence-corrected chi connectivity index (χ0v) is 55.8. The van der Waals surface area contributed by atoms with Crippen LogP contribution in [0.25, 0.3) is 0 Å². The maximum atomic E-state index is 13.0. The summed E-state index contributed by atoms with van der Waals surface area (Å²) < 4.78 is 67.8. The van der Waals surface area contributed by atoms with Gasteiger partial charge in [0.2, 0.25) is 0 Å². The smallest absolute Gasteiger partial charge is 0.462 e. The van der Waals surface area contributed by atoms with Gasteiger partial charge in [0, 0.05) is 25.7 Å². The predicted molar refractivity (Wildman–Crippen MR) is 335 cm³/mol. The summed E-state index contributed by atoms with van der Waals surface area (Å²) in [5.74, 6) is -1.34. The number of ether oxygens (including phenoxy) is 4. The Morgan fingerprint density at radius 2 is 0.548 bits per heavy atom. The van der Waals surface area contributed by atoms with E-state index in [0.717, 1.165) is 121 Å². The van der Waals surface area contributed by atoms with Crippen molar-refractivity contribution in [2.45, 2.75) is 348 Å². The molecule has 0 spiro atoms. The summed E-state index contributed by atoms with van der Waals surface area (Å²) >= 11 is 0. The molecule has 0 rings (SSSR count). The van der Waals surface area contributed by atoms with E-state index in [1.807, 2.05) is 0 Å². The van der Waals surface area contributed by atoms with E-state index in [1.165, 1.54) is 128 Å². The summed E-state index contributed by atoms with van der Waals surface area (Å²) in [5.41, 5.74) is 0. The molecule has 0 heterocycles. The molecule has 0 fully saturated rings. The molecule has 0 saturated carbocycles. The fourth-order valence-corrected chi connectivity index (χ4v) is 11.3. The van der Waals surface area contributed by atoms with Crippen molar-refractivity contribution in [1.82, 2.24) is 0 Å². The van der Waals surface area contributed by atoms with E-state index in [1.54, 1.807) is 0 Å². The fraction of sp³-hybridized carbons (Fsp3) is 0.938. The van der Waals surface area contributed by atoms with Gasteiger partial charge in [-0.3, -0.25) is 37.3 Å². The Morgan fingerprint density at radius 3 is 0.810 bits per heavy atom. The minimum atomic E-state index is -4.94. The monoisotopic (exact) mass is 1240 g/mol. The number of carbonyl (C=O) groups excluding carboxylic acids is 4. The Labute approximate surface area is 511 Å². The van der Waals surface area contributed by atoms with E-state index in [0.29, 0.717) is 25.7 Å². The van der Waals surface area contributed by atoms with Gasteiger partial charge in [-0.15, -0.1) is 0 Å². The highest BCUT2D eigenvalue weighted by atomic mass is 31.2. The summed E-state index contributed by atoms with van der Waals surface area (Å²) in [6, 6.07) is 0. The van der Waals surface area contributed by atoms with Gasteiger partial charge in [0.1, 0.15) is 19.3 Å². The third-order valence-corrected chi connectivity index (χ3v) is 16.9. The maximum absolute atomic E-state index is 13.0. The Kier molecular flexibility index (Phi) is 57.4. The van der Waals surface area contributed by atoms with Crippen molar-refractivity contribution in [2.75, 3.05) is 39.6 Å². The van der Waals surface area contributed by atoms with Gasteiger partial charge in [-0.1, -0.05) is 279 Å². The van der Waals surface area contributed by atoms with Crippen LogP contribution in [0.4, 0.5) is 0 Å². The van der Waals surface area contributed by atoms with E-state index in [-0.39, 0.29) is 25.7 Å². The molecule has 0 aliphatic rings. The first-order valence-electron chi connectivity index (χ1n) is 34.1. The maximum Gasteiger partial charge on any atom is 0.472 e. The first-order valence-corrected chi connectivity index (χ1v) is 37.1. The molecule has 0 bridgehead atoms. The lowest BCUT2D eigenvalue weighted by Crippen LogP contribution is -2.30.